The van der Waals surface area contributed by atoms with Crippen LogP contribution in [0.1, 0.15) is 16.9 Å². The molecule has 166 valence electrons. The van der Waals surface area contributed by atoms with Gasteiger partial charge in [0.2, 0.25) is 11.6 Å². The Morgan fingerprint density at radius 2 is 1.81 bits per heavy atom. The summed E-state index contributed by atoms with van der Waals surface area (Å²) in [7, 11) is 2.83. The molecule has 0 radical (unpaired) electrons. The van der Waals surface area contributed by atoms with E-state index in [0.717, 1.165) is 15.9 Å². The summed E-state index contributed by atoms with van der Waals surface area (Å²) in [4.78, 5) is 41.6. The largest absolute Gasteiger partial charge is 0.444 e. The first-order valence-electron chi connectivity index (χ1n) is 9.47. The summed E-state index contributed by atoms with van der Waals surface area (Å²) >= 11 is 1.10. The van der Waals surface area contributed by atoms with Crippen LogP contribution in [0.4, 0.5) is 13.9 Å². The molecule has 3 heterocycles. The van der Waals surface area contributed by atoms with Gasteiger partial charge in [-0.3, -0.25) is 18.7 Å². The minimum atomic E-state index is -0.683. The van der Waals surface area contributed by atoms with Crippen LogP contribution in [-0.2, 0) is 25.3 Å². The molecule has 0 aliphatic heterocycles. The van der Waals surface area contributed by atoms with Crippen LogP contribution in [0.2, 0.25) is 0 Å². The number of furan rings is 1. The third kappa shape index (κ3) is 3.54. The summed E-state index contributed by atoms with van der Waals surface area (Å²) < 4.78 is 35.4. The number of thiazole rings is 1. The summed E-state index contributed by atoms with van der Waals surface area (Å²) in [5.41, 5.74) is -0.134. The van der Waals surface area contributed by atoms with Gasteiger partial charge in [0.1, 0.15) is 22.8 Å². The first-order valence-corrected chi connectivity index (χ1v) is 10.4. The van der Waals surface area contributed by atoms with E-state index < -0.39 is 28.8 Å². The van der Waals surface area contributed by atoms with Gasteiger partial charge in [-0.15, -0.1) is 11.3 Å². The van der Waals surface area contributed by atoms with Crippen molar-refractivity contribution in [2.75, 3.05) is 5.32 Å². The molecule has 0 aliphatic rings. The number of amides is 1. The topological polar surface area (TPSA) is 99.1 Å². The van der Waals surface area contributed by atoms with E-state index in [1.807, 2.05) is 0 Å². The zero-order valence-electron chi connectivity index (χ0n) is 17.6. The van der Waals surface area contributed by atoms with Crippen LogP contribution in [0.3, 0.4) is 0 Å². The summed E-state index contributed by atoms with van der Waals surface area (Å²) in [5, 5.41) is 4.59. The molecule has 0 bridgehead atoms. The molecule has 11 heteroatoms. The van der Waals surface area contributed by atoms with Crippen LogP contribution in [0.5, 0.6) is 0 Å². The van der Waals surface area contributed by atoms with Gasteiger partial charge in [0.05, 0.1) is 12.1 Å². The maximum absolute atomic E-state index is 13.8. The van der Waals surface area contributed by atoms with E-state index in [1.54, 1.807) is 12.3 Å². The van der Waals surface area contributed by atoms with Crippen molar-refractivity contribution in [3.8, 4) is 11.3 Å². The number of rotatable bonds is 4. The predicted octanol–water partition coefficient (Wildman–Crippen LogP) is 3.03. The molecule has 0 atom stereocenters. The minimum absolute atomic E-state index is 0.0798. The van der Waals surface area contributed by atoms with Gasteiger partial charge in [0.15, 0.2) is 5.13 Å². The molecule has 1 aromatic carbocycles. The number of benzene rings is 1. The molecule has 4 rings (SSSR count). The van der Waals surface area contributed by atoms with Crippen LogP contribution < -0.4 is 16.6 Å². The van der Waals surface area contributed by atoms with Gasteiger partial charge < -0.3 is 9.73 Å². The third-order valence-corrected chi connectivity index (χ3v) is 6.01. The molecule has 1 amide bonds. The van der Waals surface area contributed by atoms with Crippen molar-refractivity contribution in [2.24, 2.45) is 14.1 Å². The van der Waals surface area contributed by atoms with E-state index in [4.69, 9.17) is 4.42 Å². The highest BCUT2D eigenvalue weighted by atomic mass is 32.1. The quantitative estimate of drug-likeness (QED) is 0.505. The fourth-order valence-electron chi connectivity index (χ4n) is 3.38. The SMILES string of the molecule is Cc1oc2c(c1CC(=O)Nc1nc(-c3cc(F)c(C)c(F)c3)cs1)c(=O)n(C)c(=O)n2C. The van der Waals surface area contributed by atoms with Crippen molar-refractivity contribution < 1.29 is 18.0 Å². The molecule has 0 aliphatic carbocycles. The van der Waals surface area contributed by atoms with Crippen LogP contribution >= 0.6 is 11.3 Å². The number of carbonyl (C=O) groups is 1. The predicted molar refractivity (Wildman–Crippen MR) is 116 cm³/mol. The highest BCUT2D eigenvalue weighted by molar-refractivity contribution is 7.14. The molecule has 0 unspecified atom stereocenters. The number of fused-ring (bicyclic) bond motifs is 1. The number of hydrogen-bond acceptors (Lipinski definition) is 6. The lowest BCUT2D eigenvalue weighted by Gasteiger charge is -2.04. The van der Waals surface area contributed by atoms with Crippen molar-refractivity contribution >= 4 is 33.5 Å². The van der Waals surface area contributed by atoms with Gasteiger partial charge in [-0.25, -0.2) is 18.6 Å². The fraction of sp³-hybridized carbons (Fsp3) is 0.238. The lowest BCUT2D eigenvalue weighted by Crippen LogP contribution is -2.36. The number of aromatic nitrogens is 3. The van der Waals surface area contributed by atoms with E-state index >= 15 is 0 Å². The molecule has 1 N–H and O–H groups in total. The number of carbonyl (C=O) groups excluding carboxylic acids is 1. The Labute approximate surface area is 183 Å². The number of aryl methyl sites for hydroxylation is 2. The Hall–Kier alpha value is -3.60. The van der Waals surface area contributed by atoms with Crippen LogP contribution in [0, 0.1) is 25.5 Å². The number of nitrogens with zero attached hydrogens (tertiary/aromatic N) is 3. The zero-order chi connectivity index (χ0) is 23.3. The van der Waals surface area contributed by atoms with Gasteiger partial charge in [-0.05, 0) is 26.0 Å². The fourth-order valence-corrected chi connectivity index (χ4v) is 4.12. The highest BCUT2D eigenvalue weighted by Gasteiger charge is 2.22. The Morgan fingerprint density at radius 3 is 2.47 bits per heavy atom. The first-order chi connectivity index (χ1) is 15.1. The zero-order valence-corrected chi connectivity index (χ0v) is 18.4. The van der Waals surface area contributed by atoms with Crippen molar-refractivity contribution in [3.05, 3.63) is 66.9 Å². The second-order valence-corrected chi connectivity index (χ2v) is 8.21. The molecule has 0 spiro atoms. The number of nitrogens with one attached hydrogen (secondary N) is 1. The number of anilines is 1. The van der Waals surface area contributed by atoms with Crippen LogP contribution in [0.25, 0.3) is 22.4 Å². The van der Waals surface area contributed by atoms with Gasteiger partial charge in [-0.2, -0.15) is 0 Å². The monoisotopic (exact) mass is 460 g/mol. The van der Waals surface area contributed by atoms with Crippen LogP contribution in [-0.4, -0.2) is 20.0 Å². The second-order valence-electron chi connectivity index (χ2n) is 7.35. The summed E-state index contributed by atoms with van der Waals surface area (Å²) in [6, 6.07) is 2.36. The van der Waals surface area contributed by atoms with E-state index in [0.29, 0.717) is 17.0 Å². The Balaban J connectivity index is 1.61. The molecule has 0 fully saturated rings. The van der Waals surface area contributed by atoms with E-state index in [9.17, 15) is 23.2 Å². The van der Waals surface area contributed by atoms with Gasteiger partial charge in [0, 0.05) is 36.2 Å². The normalized spacial score (nSPS) is 11.3. The minimum Gasteiger partial charge on any atom is -0.444 e. The van der Waals surface area contributed by atoms with Crippen molar-refractivity contribution in [1.82, 2.24) is 14.1 Å². The lowest BCUT2D eigenvalue weighted by atomic mass is 10.1. The Morgan fingerprint density at radius 1 is 1.16 bits per heavy atom. The van der Waals surface area contributed by atoms with Crippen molar-refractivity contribution in [2.45, 2.75) is 20.3 Å². The summed E-state index contributed by atoms with van der Waals surface area (Å²) in [6.07, 6.45) is -0.186. The average molecular weight is 460 g/mol. The Kier molecular flexibility index (Phi) is 5.29. The molecular formula is C21H18F2N4O4S. The van der Waals surface area contributed by atoms with Crippen molar-refractivity contribution in [1.29, 1.82) is 0 Å². The molecule has 3 aromatic heterocycles. The van der Waals surface area contributed by atoms with E-state index in [1.165, 1.54) is 37.7 Å². The molecule has 8 nitrogen and oxygen atoms in total. The molecule has 32 heavy (non-hydrogen) atoms. The molecule has 4 aromatic rings. The molecule has 0 saturated heterocycles. The van der Waals surface area contributed by atoms with Crippen LogP contribution in [0.15, 0.2) is 31.5 Å². The van der Waals surface area contributed by atoms with Gasteiger partial charge in [0.25, 0.3) is 5.56 Å². The standard InChI is InChI=1S/C21H18F2N4O4S/c1-9-13(22)5-11(6-14(9)23)15-8-32-20(24-15)25-16(28)7-12-10(2)31-19-17(12)18(29)26(3)21(30)27(19)4/h5-6,8H,7H2,1-4H3,(H,24,25,28). The average Bonchev–Trinajstić information content (AvgIpc) is 3.33. The second kappa shape index (κ2) is 7.83. The summed E-state index contributed by atoms with van der Waals surface area (Å²) in [6.45, 7) is 2.95. The maximum Gasteiger partial charge on any atom is 0.333 e. The van der Waals surface area contributed by atoms with Gasteiger partial charge in [-0.1, -0.05) is 0 Å². The first kappa shape index (κ1) is 21.6. The molecule has 0 saturated carbocycles. The number of halogens is 2. The van der Waals surface area contributed by atoms with E-state index in [-0.39, 0.29) is 33.8 Å². The third-order valence-electron chi connectivity index (χ3n) is 5.25. The van der Waals surface area contributed by atoms with Crippen molar-refractivity contribution in [3.63, 3.8) is 0 Å². The lowest BCUT2D eigenvalue weighted by molar-refractivity contribution is -0.115. The highest BCUT2D eigenvalue weighted by Crippen LogP contribution is 2.28. The van der Waals surface area contributed by atoms with Gasteiger partial charge >= 0.3 is 5.69 Å². The van der Waals surface area contributed by atoms with E-state index in [2.05, 4.69) is 10.3 Å². The maximum atomic E-state index is 13.8. The smallest absolute Gasteiger partial charge is 0.333 e. The molecular weight excluding hydrogens is 442 g/mol. The number of hydrogen-bond donors (Lipinski definition) is 1. The summed E-state index contributed by atoms with van der Waals surface area (Å²) in [5.74, 6) is -1.48. The Bertz CT molecular complexity index is 1490.